The summed E-state index contributed by atoms with van der Waals surface area (Å²) < 4.78 is 0. The van der Waals surface area contributed by atoms with Crippen molar-refractivity contribution in [2.24, 2.45) is 28.1 Å². The van der Waals surface area contributed by atoms with Gasteiger partial charge in [0.15, 0.2) is 5.96 Å². The van der Waals surface area contributed by atoms with Crippen LogP contribution in [0.4, 0.5) is 0 Å². The minimum atomic E-state index is -1.57. The maximum atomic E-state index is 12.8. The van der Waals surface area contributed by atoms with Crippen molar-refractivity contribution in [3.8, 4) is 0 Å². The highest BCUT2D eigenvalue weighted by molar-refractivity contribution is 5.95. The third kappa shape index (κ3) is 12.9. The first-order valence-electron chi connectivity index (χ1n) is 10.4. The Morgan fingerprint density at radius 1 is 0.848 bits per heavy atom. The molecule has 0 aromatic rings. The van der Waals surface area contributed by atoms with Crippen LogP contribution >= 0.6 is 0 Å². The van der Waals surface area contributed by atoms with Crippen molar-refractivity contribution in [2.45, 2.75) is 70.6 Å². The molecule has 33 heavy (non-hydrogen) atoms. The normalized spacial score (nSPS) is 14.3. The van der Waals surface area contributed by atoms with Gasteiger partial charge in [0.05, 0.1) is 12.5 Å². The van der Waals surface area contributed by atoms with Crippen molar-refractivity contribution in [1.82, 2.24) is 16.0 Å². The van der Waals surface area contributed by atoms with Crippen molar-refractivity contribution in [1.29, 1.82) is 0 Å². The molecule has 188 valence electrons. The summed E-state index contributed by atoms with van der Waals surface area (Å²) in [6, 6.07) is -4.92. The van der Waals surface area contributed by atoms with Gasteiger partial charge in [0, 0.05) is 6.54 Å². The molecule has 4 unspecified atom stereocenters. The average molecular weight is 474 g/mol. The fraction of sp³-hybridized carbons (Fsp3) is 0.684. The predicted molar refractivity (Wildman–Crippen MR) is 119 cm³/mol. The first kappa shape index (κ1) is 29.6. The van der Waals surface area contributed by atoms with Gasteiger partial charge < -0.3 is 43.4 Å². The zero-order chi connectivity index (χ0) is 25.7. The molecule has 0 fully saturated rings. The summed E-state index contributed by atoms with van der Waals surface area (Å²) in [6.07, 6.45) is -0.353. The van der Waals surface area contributed by atoms with Crippen LogP contribution in [0.2, 0.25) is 0 Å². The molecule has 0 aliphatic carbocycles. The molecule has 0 rings (SSSR count). The van der Waals surface area contributed by atoms with E-state index in [-0.39, 0.29) is 37.7 Å². The number of guanidine groups is 1. The van der Waals surface area contributed by atoms with Crippen LogP contribution in [-0.2, 0) is 24.0 Å². The van der Waals surface area contributed by atoms with Gasteiger partial charge in [-0.15, -0.1) is 0 Å². The van der Waals surface area contributed by atoms with Gasteiger partial charge in [-0.3, -0.25) is 24.2 Å². The molecule has 0 radical (unpaired) electrons. The van der Waals surface area contributed by atoms with E-state index in [1.807, 2.05) is 0 Å². The van der Waals surface area contributed by atoms with Gasteiger partial charge in [0.25, 0.3) is 0 Å². The topological polar surface area (TPSA) is 252 Å². The lowest BCUT2D eigenvalue weighted by atomic mass is 10.0. The Morgan fingerprint density at radius 2 is 1.36 bits per heavy atom. The molecular weight excluding hydrogens is 438 g/mol. The summed E-state index contributed by atoms with van der Waals surface area (Å²) in [6.45, 7) is 5.08. The van der Waals surface area contributed by atoms with E-state index in [2.05, 4.69) is 20.9 Å². The van der Waals surface area contributed by atoms with Crippen molar-refractivity contribution in [3.63, 3.8) is 0 Å². The maximum Gasteiger partial charge on any atom is 0.326 e. The molecule has 0 heterocycles. The number of aliphatic carboxylic acids is 2. The molecule has 0 spiro atoms. The summed E-state index contributed by atoms with van der Waals surface area (Å²) in [5, 5.41) is 25.4. The van der Waals surface area contributed by atoms with Crippen LogP contribution in [0.1, 0.15) is 46.5 Å². The molecule has 0 saturated carbocycles. The number of carbonyl (C=O) groups excluding carboxylic acids is 3. The Hall–Kier alpha value is -3.42. The van der Waals surface area contributed by atoms with E-state index in [4.69, 9.17) is 22.3 Å². The van der Waals surface area contributed by atoms with Gasteiger partial charge >= 0.3 is 11.9 Å². The molecule has 0 aliphatic rings. The van der Waals surface area contributed by atoms with Crippen LogP contribution in [0, 0.1) is 5.92 Å². The number of nitrogens with two attached hydrogens (primary N) is 3. The average Bonchev–Trinajstić information content (AvgIpc) is 2.67. The lowest BCUT2D eigenvalue weighted by molar-refractivity contribution is -0.144. The molecule has 14 nitrogen and oxygen atoms in total. The lowest BCUT2D eigenvalue weighted by Crippen LogP contribution is -2.57. The number of nitrogens with zero attached hydrogens (tertiary/aromatic N) is 1. The third-order valence-electron chi connectivity index (χ3n) is 4.33. The van der Waals surface area contributed by atoms with E-state index in [9.17, 15) is 29.1 Å². The Kier molecular flexibility index (Phi) is 13.1. The Bertz CT molecular complexity index is 736. The fourth-order valence-corrected chi connectivity index (χ4v) is 2.70. The monoisotopic (exact) mass is 473 g/mol. The summed E-state index contributed by atoms with van der Waals surface area (Å²) >= 11 is 0. The van der Waals surface area contributed by atoms with Crippen LogP contribution in [0.15, 0.2) is 4.99 Å². The Labute approximate surface area is 191 Å². The molecule has 0 aromatic heterocycles. The molecule has 0 aliphatic heterocycles. The van der Waals surface area contributed by atoms with Gasteiger partial charge in [0.2, 0.25) is 17.7 Å². The lowest BCUT2D eigenvalue weighted by Gasteiger charge is -2.24. The number of aliphatic imine (C=N–C) groups is 1. The van der Waals surface area contributed by atoms with Crippen molar-refractivity contribution in [2.75, 3.05) is 6.54 Å². The number of carbonyl (C=O) groups is 5. The van der Waals surface area contributed by atoms with Crippen LogP contribution in [0.3, 0.4) is 0 Å². The standard InChI is InChI=1S/C19H35N7O7/c1-9(2)7-13(18(32)33)26-17(31)12(8-14(27)28)25-16(30)11(24-15(29)10(3)20)5-4-6-23-19(21)22/h9-13H,4-8,20H2,1-3H3,(H,24,29)(H,25,30)(H,26,31)(H,27,28)(H,32,33)(H4,21,22,23). The molecule has 0 bridgehead atoms. The first-order chi connectivity index (χ1) is 15.2. The second-order valence-corrected chi connectivity index (χ2v) is 7.99. The number of hydrogen-bond acceptors (Lipinski definition) is 7. The van der Waals surface area contributed by atoms with Gasteiger partial charge in [-0.25, -0.2) is 4.79 Å². The molecule has 14 heteroatoms. The van der Waals surface area contributed by atoms with Crippen molar-refractivity contribution in [3.05, 3.63) is 0 Å². The zero-order valence-corrected chi connectivity index (χ0v) is 19.0. The van der Waals surface area contributed by atoms with E-state index in [1.165, 1.54) is 6.92 Å². The molecule has 4 atom stereocenters. The third-order valence-corrected chi connectivity index (χ3v) is 4.33. The van der Waals surface area contributed by atoms with Crippen molar-refractivity contribution >= 4 is 35.6 Å². The smallest absolute Gasteiger partial charge is 0.326 e. The minimum Gasteiger partial charge on any atom is -0.481 e. The summed E-state index contributed by atoms with van der Waals surface area (Å²) in [5.41, 5.74) is 16.0. The number of nitrogens with one attached hydrogen (secondary N) is 3. The highest BCUT2D eigenvalue weighted by atomic mass is 16.4. The number of carboxylic acids is 2. The van der Waals surface area contributed by atoms with Crippen LogP contribution in [0.5, 0.6) is 0 Å². The summed E-state index contributed by atoms with van der Waals surface area (Å²) in [4.78, 5) is 63.8. The Balaban J connectivity index is 5.49. The van der Waals surface area contributed by atoms with E-state index >= 15 is 0 Å². The van der Waals surface area contributed by atoms with Gasteiger partial charge in [-0.05, 0) is 32.1 Å². The highest BCUT2D eigenvalue weighted by Crippen LogP contribution is 2.07. The largest absolute Gasteiger partial charge is 0.481 e. The number of amides is 3. The van der Waals surface area contributed by atoms with Gasteiger partial charge in [0.1, 0.15) is 18.1 Å². The van der Waals surface area contributed by atoms with Gasteiger partial charge in [-0.2, -0.15) is 0 Å². The molecule has 11 N–H and O–H groups in total. The quantitative estimate of drug-likeness (QED) is 0.0701. The molecular formula is C19H35N7O7. The molecule has 0 aromatic carbocycles. The van der Waals surface area contributed by atoms with E-state index in [1.54, 1.807) is 13.8 Å². The predicted octanol–water partition coefficient (Wildman–Crippen LogP) is -2.55. The number of rotatable bonds is 15. The highest BCUT2D eigenvalue weighted by Gasteiger charge is 2.31. The van der Waals surface area contributed by atoms with Crippen LogP contribution in [0.25, 0.3) is 0 Å². The molecule has 3 amide bonds. The van der Waals surface area contributed by atoms with Crippen LogP contribution < -0.4 is 33.2 Å². The maximum absolute atomic E-state index is 12.8. The Morgan fingerprint density at radius 3 is 1.82 bits per heavy atom. The summed E-state index contributed by atoms with van der Waals surface area (Å²) in [7, 11) is 0. The molecule has 0 saturated heterocycles. The van der Waals surface area contributed by atoms with Crippen LogP contribution in [-0.4, -0.2) is 76.5 Å². The van der Waals surface area contributed by atoms with E-state index in [0.717, 1.165) is 0 Å². The SMILES string of the molecule is CC(C)CC(NC(=O)C(CC(=O)O)NC(=O)C(CCCN=C(N)N)NC(=O)C(C)N)C(=O)O. The van der Waals surface area contributed by atoms with Crippen molar-refractivity contribution < 1.29 is 34.2 Å². The van der Waals surface area contributed by atoms with E-state index in [0.29, 0.717) is 0 Å². The minimum absolute atomic E-state index is 0.0631. The van der Waals surface area contributed by atoms with E-state index < -0.39 is 60.2 Å². The summed E-state index contributed by atoms with van der Waals surface area (Å²) in [5.74, 6) is -5.36. The first-order valence-corrected chi connectivity index (χ1v) is 10.4. The van der Waals surface area contributed by atoms with Gasteiger partial charge in [-0.1, -0.05) is 13.8 Å². The zero-order valence-electron chi connectivity index (χ0n) is 19.0. The fourth-order valence-electron chi connectivity index (χ4n) is 2.70. The number of hydrogen-bond donors (Lipinski definition) is 8. The second kappa shape index (κ2) is 14.6. The number of carboxylic acid groups (broad SMARTS) is 2. The second-order valence-electron chi connectivity index (χ2n) is 7.99.